The molecule has 0 bridgehead atoms. The van der Waals surface area contributed by atoms with E-state index >= 15 is 0 Å². The number of carbonyl (C=O) groups excluding carboxylic acids is 2. The van der Waals surface area contributed by atoms with Gasteiger partial charge in [-0.3, -0.25) is 19.8 Å². The minimum atomic E-state index is -1.20. The molecule has 170 valence electrons. The van der Waals surface area contributed by atoms with E-state index in [0.29, 0.717) is 5.56 Å². The van der Waals surface area contributed by atoms with Crippen LogP contribution in [0.25, 0.3) is 17.4 Å². The predicted molar refractivity (Wildman–Crippen MR) is 126 cm³/mol. The van der Waals surface area contributed by atoms with Crippen LogP contribution in [0, 0.1) is 0 Å². The van der Waals surface area contributed by atoms with Gasteiger partial charge in [0.05, 0.1) is 21.8 Å². The Kier molecular flexibility index (Phi) is 6.01. The summed E-state index contributed by atoms with van der Waals surface area (Å²) in [6.45, 7) is 0. The number of benzene rings is 2. The van der Waals surface area contributed by atoms with Gasteiger partial charge in [0.25, 0.3) is 11.8 Å². The number of thiocarbonyl (C=S) groups is 1. The molecule has 0 saturated carbocycles. The molecule has 34 heavy (non-hydrogen) atoms. The van der Waals surface area contributed by atoms with Crippen LogP contribution in [0.1, 0.15) is 26.5 Å². The molecular formula is C23H13ClN2O7S. The Morgan fingerprint density at radius 3 is 2.50 bits per heavy atom. The van der Waals surface area contributed by atoms with Crippen LogP contribution < -0.4 is 10.2 Å². The number of halogens is 1. The molecule has 2 amide bonds. The molecule has 9 nitrogen and oxygen atoms in total. The van der Waals surface area contributed by atoms with E-state index in [1.165, 1.54) is 48.5 Å². The number of amides is 2. The first-order valence-electron chi connectivity index (χ1n) is 9.53. The highest BCUT2D eigenvalue weighted by atomic mass is 35.5. The SMILES string of the molecule is O=C1NC(=S)N(c2cccc(C(=O)O)c2)C(=O)C1=Cc1ccc(-c2ccc(Cl)c(C(=O)O)c2)o1. The molecule has 0 aliphatic carbocycles. The molecule has 3 aromatic rings. The predicted octanol–water partition coefficient (Wildman–Crippen LogP) is 3.83. The van der Waals surface area contributed by atoms with E-state index in [1.807, 2.05) is 0 Å². The quantitative estimate of drug-likeness (QED) is 0.275. The summed E-state index contributed by atoms with van der Waals surface area (Å²) in [5.41, 5.74) is 0.139. The minimum absolute atomic E-state index is 0.0603. The van der Waals surface area contributed by atoms with Crippen molar-refractivity contribution in [3.8, 4) is 11.3 Å². The second-order valence-corrected chi connectivity index (χ2v) is 7.81. The summed E-state index contributed by atoms with van der Waals surface area (Å²) < 4.78 is 5.69. The lowest BCUT2D eigenvalue weighted by Gasteiger charge is -2.28. The van der Waals surface area contributed by atoms with E-state index in [2.05, 4.69) is 5.32 Å². The summed E-state index contributed by atoms with van der Waals surface area (Å²) in [6, 6.07) is 12.9. The Hall–Kier alpha value is -4.28. The number of hydrogen-bond acceptors (Lipinski definition) is 6. The molecule has 1 aromatic heterocycles. The second kappa shape index (κ2) is 8.93. The number of nitrogens with zero attached hydrogens (tertiary/aromatic N) is 1. The second-order valence-electron chi connectivity index (χ2n) is 7.02. The van der Waals surface area contributed by atoms with E-state index in [4.69, 9.17) is 28.2 Å². The third-order valence-electron chi connectivity index (χ3n) is 4.85. The molecule has 0 spiro atoms. The maximum atomic E-state index is 13.1. The van der Waals surface area contributed by atoms with Crippen LogP contribution in [0.2, 0.25) is 5.02 Å². The van der Waals surface area contributed by atoms with Crippen molar-refractivity contribution >= 4 is 64.4 Å². The van der Waals surface area contributed by atoms with E-state index < -0.39 is 23.8 Å². The summed E-state index contributed by atoms with van der Waals surface area (Å²) in [5, 5.41) is 20.7. The topological polar surface area (TPSA) is 137 Å². The van der Waals surface area contributed by atoms with Crippen LogP contribution in [-0.4, -0.2) is 39.1 Å². The van der Waals surface area contributed by atoms with Gasteiger partial charge in [-0.1, -0.05) is 17.7 Å². The van der Waals surface area contributed by atoms with Crippen molar-refractivity contribution < 1.29 is 33.8 Å². The first-order valence-corrected chi connectivity index (χ1v) is 10.3. The van der Waals surface area contributed by atoms with Crippen molar-refractivity contribution in [3.05, 3.63) is 82.1 Å². The lowest BCUT2D eigenvalue weighted by molar-refractivity contribution is -0.122. The lowest BCUT2D eigenvalue weighted by atomic mass is 10.1. The van der Waals surface area contributed by atoms with Crippen molar-refractivity contribution in [1.82, 2.24) is 5.32 Å². The van der Waals surface area contributed by atoms with Crippen molar-refractivity contribution in [2.45, 2.75) is 0 Å². The van der Waals surface area contributed by atoms with Crippen LogP contribution in [-0.2, 0) is 9.59 Å². The minimum Gasteiger partial charge on any atom is -0.478 e. The summed E-state index contributed by atoms with van der Waals surface area (Å²) in [5.74, 6) is -3.47. The molecule has 1 aliphatic heterocycles. The number of rotatable bonds is 5. The van der Waals surface area contributed by atoms with Crippen LogP contribution in [0.4, 0.5) is 5.69 Å². The molecule has 1 saturated heterocycles. The van der Waals surface area contributed by atoms with Crippen LogP contribution >= 0.6 is 23.8 Å². The number of carbonyl (C=O) groups is 4. The standard InChI is InChI=1S/C23H13ClN2O7S/c24-17-6-4-11(9-15(17)22(31)32)18-7-5-14(33-18)10-16-19(27)25-23(34)26(20(16)28)13-3-1-2-12(8-13)21(29)30/h1-10H,(H,29,30)(H,31,32)(H,25,27,34). The van der Waals surface area contributed by atoms with E-state index in [1.54, 1.807) is 12.1 Å². The van der Waals surface area contributed by atoms with E-state index in [9.17, 15) is 29.4 Å². The van der Waals surface area contributed by atoms with Crippen LogP contribution in [0.3, 0.4) is 0 Å². The zero-order valence-electron chi connectivity index (χ0n) is 16.9. The van der Waals surface area contributed by atoms with Crippen molar-refractivity contribution in [2.75, 3.05) is 4.90 Å². The number of carboxylic acids is 2. The first-order chi connectivity index (χ1) is 16.2. The molecule has 3 N–H and O–H groups in total. The average molecular weight is 497 g/mol. The number of aromatic carboxylic acids is 2. The van der Waals surface area contributed by atoms with Gasteiger partial charge < -0.3 is 14.6 Å². The Morgan fingerprint density at radius 1 is 1.03 bits per heavy atom. The van der Waals surface area contributed by atoms with Gasteiger partial charge in [-0.15, -0.1) is 0 Å². The Bertz CT molecular complexity index is 1430. The lowest BCUT2D eigenvalue weighted by Crippen LogP contribution is -2.54. The third-order valence-corrected chi connectivity index (χ3v) is 5.46. The maximum Gasteiger partial charge on any atom is 0.337 e. The van der Waals surface area contributed by atoms with Crippen molar-refractivity contribution in [3.63, 3.8) is 0 Å². The van der Waals surface area contributed by atoms with Gasteiger partial charge in [-0.2, -0.15) is 0 Å². The molecule has 0 unspecified atom stereocenters. The number of carboxylic acid groups (broad SMARTS) is 2. The molecule has 1 aliphatic rings. The van der Waals surface area contributed by atoms with Gasteiger partial charge >= 0.3 is 11.9 Å². The first kappa shape index (κ1) is 22.9. The fourth-order valence-electron chi connectivity index (χ4n) is 3.24. The van der Waals surface area contributed by atoms with Crippen molar-refractivity contribution in [1.29, 1.82) is 0 Å². The largest absolute Gasteiger partial charge is 0.478 e. The highest BCUT2D eigenvalue weighted by Gasteiger charge is 2.35. The average Bonchev–Trinajstić information content (AvgIpc) is 3.25. The zero-order chi connectivity index (χ0) is 24.6. The smallest absolute Gasteiger partial charge is 0.337 e. The van der Waals surface area contributed by atoms with E-state index in [-0.39, 0.29) is 44.0 Å². The summed E-state index contributed by atoms with van der Waals surface area (Å²) in [7, 11) is 0. The number of nitrogens with one attached hydrogen (secondary N) is 1. The summed E-state index contributed by atoms with van der Waals surface area (Å²) in [4.78, 5) is 49.2. The Balaban J connectivity index is 1.68. The fraction of sp³-hybridized carbons (Fsp3) is 0. The molecule has 11 heteroatoms. The number of furan rings is 1. The Morgan fingerprint density at radius 2 is 1.79 bits per heavy atom. The van der Waals surface area contributed by atoms with Crippen molar-refractivity contribution in [2.24, 2.45) is 0 Å². The van der Waals surface area contributed by atoms with Crippen LogP contribution in [0.5, 0.6) is 0 Å². The Labute approximate surface area is 201 Å². The zero-order valence-corrected chi connectivity index (χ0v) is 18.5. The number of hydrogen-bond donors (Lipinski definition) is 3. The van der Waals surface area contributed by atoms with Gasteiger partial charge in [0, 0.05) is 5.56 Å². The monoisotopic (exact) mass is 496 g/mol. The molecule has 0 radical (unpaired) electrons. The molecular weight excluding hydrogens is 484 g/mol. The molecule has 2 heterocycles. The normalized spacial score (nSPS) is 14.9. The maximum absolute atomic E-state index is 13.1. The highest BCUT2D eigenvalue weighted by Crippen LogP contribution is 2.29. The molecule has 1 fully saturated rings. The molecule has 0 atom stereocenters. The highest BCUT2D eigenvalue weighted by molar-refractivity contribution is 7.80. The van der Waals surface area contributed by atoms with Crippen LogP contribution in [0.15, 0.2) is 64.6 Å². The van der Waals surface area contributed by atoms with E-state index in [0.717, 1.165) is 4.90 Å². The summed E-state index contributed by atoms with van der Waals surface area (Å²) >= 11 is 11.0. The molecule has 2 aromatic carbocycles. The van der Waals surface area contributed by atoms with Gasteiger partial charge in [0.15, 0.2) is 5.11 Å². The van der Waals surface area contributed by atoms with Gasteiger partial charge in [-0.25, -0.2) is 9.59 Å². The van der Waals surface area contributed by atoms with Gasteiger partial charge in [0.1, 0.15) is 17.1 Å². The summed E-state index contributed by atoms with van der Waals surface area (Å²) in [6.07, 6.45) is 1.21. The third kappa shape index (κ3) is 4.32. The molecule has 4 rings (SSSR count). The number of anilines is 1. The fourth-order valence-corrected chi connectivity index (χ4v) is 3.72. The van der Waals surface area contributed by atoms with Gasteiger partial charge in [0.2, 0.25) is 0 Å². The van der Waals surface area contributed by atoms with Gasteiger partial charge in [-0.05, 0) is 66.8 Å².